The molecule has 0 radical (unpaired) electrons. The number of aromatic nitrogens is 3. The van der Waals surface area contributed by atoms with E-state index < -0.39 is 0 Å². The number of nitrogens with zero attached hydrogens (tertiary/aromatic N) is 4. The normalized spacial score (nSPS) is 16.3. The number of imidazole rings is 1. The van der Waals surface area contributed by atoms with Gasteiger partial charge in [0.2, 0.25) is 0 Å². The molecule has 0 N–H and O–H groups in total. The number of allylic oxidation sites excluding steroid dienone is 2. The summed E-state index contributed by atoms with van der Waals surface area (Å²) in [4.78, 5) is 12.9. The first-order valence-corrected chi connectivity index (χ1v) is 19.2. The van der Waals surface area contributed by atoms with Gasteiger partial charge >= 0.3 is 0 Å². The lowest BCUT2D eigenvalue weighted by Gasteiger charge is -2.29. The highest BCUT2D eigenvalue weighted by Gasteiger charge is 2.37. The first-order valence-electron chi connectivity index (χ1n) is 18.4. The summed E-state index contributed by atoms with van der Waals surface area (Å²) < 4.78 is 4.80. The number of pyridine rings is 1. The van der Waals surface area contributed by atoms with Crippen LogP contribution in [0.5, 0.6) is 0 Å². The van der Waals surface area contributed by atoms with Gasteiger partial charge in [0.1, 0.15) is 5.82 Å². The number of benzene rings is 6. The highest BCUT2D eigenvalue weighted by Crippen LogP contribution is 2.50. The van der Waals surface area contributed by atoms with Gasteiger partial charge in [0.05, 0.1) is 33.0 Å². The average molecular weight is 699 g/mol. The lowest BCUT2D eigenvalue weighted by Crippen LogP contribution is -2.28. The third-order valence-corrected chi connectivity index (χ3v) is 12.2. The third-order valence-electron chi connectivity index (χ3n) is 11.1. The molecule has 0 saturated carbocycles. The molecule has 0 amide bonds. The minimum absolute atomic E-state index is 0.193. The van der Waals surface area contributed by atoms with Crippen LogP contribution in [0, 0.1) is 0 Å². The number of para-hydroxylation sites is 4. The van der Waals surface area contributed by atoms with E-state index in [9.17, 15) is 0 Å². The van der Waals surface area contributed by atoms with Gasteiger partial charge in [-0.1, -0.05) is 110 Å². The van der Waals surface area contributed by atoms with Gasteiger partial charge in [-0.05, 0) is 77.4 Å². The van der Waals surface area contributed by atoms with E-state index in [1.165, 1.54) is 42.5 Å². The molecule has 252 valence electrons. The second kappa shape index (κ2) is 11.9. The molecule has 9 aromatic rings. The monoisotopic (exact) mass is 698 g/mol. The quantitative estimate of drug-likeness (QED) is 0.179. The second-order valence-corrected chi connectivity index (χ2v) is 15.1. The van der Waals surface area contributed by atoms with Crippen molar-refractivity contribution in [3.8, 4) is 28.1 Å². The maximum Gasteiger partial charge on any atom is 0.114 e. The molecule has 5 heteroatoms. The van der Waals surface area contributed by atoms with E-state index in [4.69, 9.17) is 9.97 Å². The largest absolute Gasteiger partial charge is 0.333 e. The number of hydrogen-bond acceptors (Lipinski definition) is 4. The van der Waals surface area contributed by atoms with Crippen LogP contribution in [0.1, 0.15) is 24.2 Å². The van der Waals surface area contributed by atoms with E-state index in [-0.39, 0.29) is 6.04 Å². The van der Waals surface area contributed by atoms with E-state index in [2.05, 4.69) is 180 Å². The Hall–Kier alpha value is -6.30. The topological polar surface area (TPSA) is 34.0 Å². The molecule has 2 atom stereocenters. The van der Waals surface area contributed by atoms with Crippen LogP contribution in [-0.4, -0.2) is 20.6 Å². The summed E-state index contributed by atoms with van der Waals surface area (Å²) in [6.07, 6.45) is 9.94. The first-order chi connectivity index (χ1) is 26.2. The Bertz CT molecular complexity index is 2960. The Balaban J connectivity index is 1.14. The molecule has 11 rings (SSSR count). The Morgan fingerprint density at radius 1 is 0.623 bits per heavy atom. The molecule has 0 saturated heterocycles. The number of aryl methyl sites for hydroxylation is 1. The molecule has 0 spiro atoms. The minimum atomic E-state index is 0.193. The van der Waals surface area contributed by atoms with E-state index in [1.54, 1.807) is 0 Å². The van der Waals surface area contributed by atoms with Crippen LogP contribution in [0.3, 0.4) is 0 Å². The third kappa shape index (κ3) is 4.67. The van der Waals surface area contributed by atoms with Crippen molar-refractivity contribution >= 4 is 64.8 Å². The van der Waals surface area contributed by atoms with Gasteiger partial charge in [-0.2, -0.15) is 0 Å². The fourth-order valence-electron chi connectivity index (χ4n) is 8.68. The van der Waals surface area contributed by atoms with Crippen LogP contribution in [-0.2, 0) is 6.42 Å². The Morgan fingerprint density at radius 3 is 2.25 bits per heavy atom. The zero-order valence-electron chi connectivity index (χ0n) is 29.1. The van der Waals surface area contributed by atoms with E-state index in [0.717, 1.165) is 56.9 Å². The predicted octanol–water partition coefficient (Wildman–Crippen LogP) is 12.6. The molecule has 6 aromatic carbocycles. The Kier molecular flexibility index (Phi) is 6.80. The highest BCUT2D eigenvalue weighted by molar-refractivity contribution is 7.26. The van der Waals surface area contributed by atoms with Crippen molar-refractivity contribution in [2.24, 2.45) is 0 Å². The zero-order chi connectivity index (χ0) is 35.0. The van der Waals surface area contributed by atoms with Crippen molar-refractivity contribution in [2.45, 2.75) is 25.3 Å². The molecule has 1 aliphatic heterocycles. The van der Waals surface area contributed by atoms with Gasteiger partial charge in [0.15, 0.2) is 0 Å². The average Bonchev–Trinajstić information content (AvgIpc) is 3.90. The summed E-state index contributed by atoms with van der Waals surface area (Å²) in [5.74, 6) is 1.36. The van der Waals surface area contributed by atoms with Crippen molar-refractivity contribution in [2.75, 3.05) is 4.90 Å². The summed E-state index contributed by atoms with van der Waals surface area (Å²) in [5.41, 5.74) is 12.6. The molecule has 53 heavy (non-hydrogen) atoms. The number of anilines is 2. The lowest BCUT2D eigenvalue weighted by molar-refractivity contribution is 0.745. The van der Waals surface area contributed by atoms with E-state index >= 15 is 0 Å². The molecule has 4 heterocycles. The van der Waals surface area contributed by atoms with Crippen molar-refractivity contribution < 1.29 is 0 Å². The Labute approximate surface area is 311 Å². The number of hydrogen-bond donors (Lipinski definition) is 0. The van der Waals surface area contributed by atoms with Crippen LogP contribution in [0.25, 0.3) is 70.2 Å². The van der Waals surface area contributed by atoms with Crippen LogP contribution in [0.15, 0.2) is 164 Å². The number of fused-ring (bicyclic) bond motifs is 9. The van der Waals surface area contributed by atoms with Gasteiger partial charge in [0, 0.05) is 55.8 Å². The smallest absolute Gasteiger partial charge is 0.114 e. The molecule has 4 nitrogen and oxygen atoms in total. The van der Waals surface area contributed by atoms with Crippen molar-refractivity contribution in [1.82, 2.24) is 14.5 Å². The first kappa shape index (κ1) is 30.3. The van der Waals surface area contributed by atoms with Gasteiger partial charge in [-0.15, -0.1) is 11.3 Å². The lowest BCUT2D eigenvalue weighted by atomic mass is 9.91. The highest BCUT2D eigenvalue weighted by atomic mass is 32.1. The van der Waals surface area contributed by atoms with Crippen molar-refractivity contribution in [3.63, 3.8) is 0 Å². The van der Waals surface area contributed by atoms with Crippen LogP contribution < -0.4 is 4.90 Å². The predicted molar refractivity (Wildman–Crippen MR) is 223 cm³/mol. The fourth-order valence-corrected chi connectivity index (χ4v) is 9.91. The maximum atomic E-state index is 5.45. The SMILES string of the molecule is CCc1nc2ccccc2n1-c1ccc(-c2cc(-c3nc4ccccc4c4c3sc3ccccc34)cc(N3c4ccccc4C4C=CC=CC43)c2)cc1. The van der Waals surface area contributed by atoms with Crippen LogP contribution >= 0.6 is 11.3 Å². The molecule has 3 aromatic heterocycles. The molecular formula is C48H34N4S. The van der Waals surface area contributed by atoms with Gasteiger partial charge in [0.25, 0.3) is 0 Å². The maximum absolute atomic E-state index is 5.45. The summed E-state index contributed by atoms with van der Waals surface area (Å²) in [5, 5.41) is 3.77. The number of thiophene rings is 1. The minimum Gasteiger partial charge on any atom is -0.333 e. The summed E-state index contributed by atoms with van der Waals surface area (Å²) in [6.45, 7) is 2.17. The number of rotatable bonds is 5. The molecule has 2 unspecified atom stereocenters. The zero-order valence-corrected chi connectivity index (χ0v) is 30.0. The molecule has 1 aliphatic carbocycles. The second-order valence-electron chi connectivity index (χ2n) is 14.0. The van der Waals surface area contributed by atoms with Gasteiger partial charge in [-0.25, -0.2) is 9.97 Å². The molecular weight excluding hydrogens is 665 g/mol. The molecule has 0 bridgehead atoms. The molecule has 0 fully saturated rings. The summed E-state index contributed by atoms with van der Waals surface area (Å²) in [7, 11) is 0. The van der Waals surface area contributed by atoms with Gasteiger partial charge < -0.3 is 4.90 Å². The van der Waals surface area contributed by atoms with E-state index in [0.29, 0.717) is 5.92 Å². The Morgan fingerprint density at radius 2 is 1.36 bits per heavy atom. The van der Waals surface area contributed by atoms with Crippen molar-refractivity contribution in [1.29, 1.82) is 0 Å². The standard InChI is InChI=1S/C48H34N4S/c1-2-45-49-40-18-8-11-21-43(40)52(45)33-25-23-30(24-26-33)31-27-32(29-34(28-31)51-41-19-9-4-13-35(41)36-14-5-10-20-42(36)51)47-48-46(37-15-3-7-17-39(37)50-47)38-16-6-12-22-44(38)53-48/h3-29,35,41H,2H2,1H3. The fraction of sp³-hybridized carbons (Fsp3) is 0.0833. The van der Waals surface area contributed by atoms with Crippen LogP contribution in [0.2, 0.25) is 0 Å². The summed E-state index contributed by atoms with van der Waals surface area (Å²) in [6, 6.07) is 51.0. The van der Waals surface area contributed by atoms with Crippen molar-refractivity contribution in [3.05, 3.63) is 175 Å². The van der Waals surface area contributed by atoms with Crippen LogP contribution in [0.4, 0.5) is 11.4 Å². The van der Waals surface area contributed by atoms with E-state index in [1.807, 2.05) is 11.3 Å². The van der Waals surface area contributed by atoms with Gasteiger partial charge in [-0.3, -0.25) is 4.57 Å². The summed E-state index contributed by atoms with van der Waals surface area (Å²) >= 11 is 1.84. The molecule has 2 aliphatic rings.